The van der Waals surface area contributed by atoms with Crippen LogP contribution in [0.5, 0.6) is 17.2 Å². The Kier molecular flexibility index (Phi) is 3.75. The fourth-order valence-electron chi connectivity index (χ4n) is 3.52. The molecule has 3 heterocycles. The van der Waals surface area contributed by atoms with E-state index in [1.165, 1.54) is 0 Å². The Balaban J connectivity index is 1.94. The van der Waals surface area contributed by atoms with Gasteiger partial charge in [0, 0.05) is 13.2 Å². The third-order valence-corrected chi connectivity index (χ3v) is 4.62. The number of ether oxygens (including phenoxy) is 4. The van der Waals surface area contributed by atoms with Gasteiger partial charge < -0.3 is 24.3 Å². The maximum Gasteiger partial charge on any atom is 0.337 e. The van der Waals surface area contributed by atoms with E-state index in [-0.39, 0.29) is 18.5 Å². The molecule has 2 aliphatic heterocycles. The van der Waals surface area contributed by atoms with Crippen molar-refractivity contribution in [2.75, 3.05) is 33.3 Å². The van der Waals surface area contributed by atoms with Crippen LogP contribution in [0.3, 0.4) is 0 Å². The van der Waals surface area contributed by atoms with Gasteiger partial charge in [0.05, 0.1) is 49.9 Å². The Bertz CT molecular complexity index is 906. The van der Waals surface area contributed by atoms with Crippen LogP contribution in [0.4, 0.5) is 5.69 Å². The molecule has 0 aliphatic carbocycles. The highest BCUT2D eigenvalue weighted by Gasteiger charge is 2.40. The Labute approximate surface area is 150 Å². The van der Waals surface area contributed by atoms with E-state index >= 15 is 0 Å². The summed E-state index contributed by atoms with van der Waals surface area (Å²) < 4.78 is 23.3. The summed E-state index contributed by atoms with van der Waals surface area (Å²) in [6.07, 6.45) is 1.88. The number of aryl methyl sites for hydroxylation is 1. The van der Waals surface area contributed by atoms with E-state index in [9.17, 15) is 4.79 Å². The molecule has 2 aliphatic rings. The summed E-state index contributed by atoms with van der Waals surface area (Å²) in [6, 6.07) is 3.68. The Morgan fingerprint density at radius 3 is 2.50 bits per heavy atom. The number of hydrogen-bond acceptors (Lipinski definition) is 7. The number of benzene rings is 1. The number of esters is 1. The Morgan fingerprint density at radius 1 is 1.19 bits per heavy atom. The molecule has 0 amide bonds. The Morgan fingerprint density at radius 2 is 1.88 bits per heavy atom. The molecule has 8 nitrogen and oxygen atoms in total. The number of carbonyl (C=O) groups excluding carboxylic acids is 1. The molecule has 26 heavy (non-hydrogen) atoms. The molecule has 8 heteroatoms. The van der Waals surface area contributed by atoms with Crippen molar-refractivity contribution >= 4 is 11.7 Å². The van der Waals surface area contributed by atoms with E-state index in [1.807, 2.05) is 25.4 Å². The molecule has 0 bridgehead atoms. The molecule has 136 valence electrons. The maximum absolute atomic E-state index is 12.4. The summed E-state index contributed by atoms with van der Waals surface area (Å²) in [6.45, 7) is 0.226. The highest BCUT2D eigenvalue weighted by molar-refractivity contribution is 5.97. The van der Waals surface area contributed by atoms with Gasteiger partial charge in [-0.3, -0.25) is 4.68 Å². The minimum absolute atomic E-state index is 0.226. The topological polar surface area (TPSA) is 83.8 Å². The second kappa shape index (κ2) is 5.98. The molecule has 2 aromatic rings. The Hall–Kier alpha value is -3.16. The van der Waals surface area contributed by atoms with Crippen molar-refractivity contribution in [3.05, 3.63) is 40.9 Å². The van der Waals surface area contributed by atoms with Gasteiger partial charge in [0.25, 0.3) is 0 Å². The fourth-order valence-corrected chi connectivity index (χ4v) is 3.52. The molecule has 0 fully saturated rings. The van der Waals surface area contributed by atoms with Crippen molar-refractivity contribution in [3.8, 4) is 17.2 Å². The molecule has 4 rings (SSSR count). The number of rotatable bonds is 4. The first kappa shape index (κ1) is 16.3. The summed E-state index contributed by atoms with van der Waals surface area (Å²) in [4.78, 5) is 12.4. The van der Waals surface area contributed by atoms with Crippen molar-refractivity contribution in [1.82, 2.24) is 9.78 Å². The summed E-state index contributed by atoms with van der Waals surface area (Å²) in [5, 5.41) is 7.81. The van der Waals surface area contributed by atoms with Gasteiger partial charge in [-0.2, -0.15) is 5.10 Å². The molecule has 1 aromatic heterocycles. The molecule has 0 spiro atoms. The van der Waals surface area contributed by atoms with Crippen LogP contribution in [0, 0.1) is 0 Å². The maximum atomic E-state index is 12.4. The normalized spacial score (nSPS) is 18.0. The lowest BCUT2D eigenvalue weighted by Gasteiger charge is -2.24. The van der Waals surface area contributed by atoms with Crippen molar-refractivity contribution < 1.29 is 23.7 Å². The van der Waals surface area contributed by atoms with E-state index in [2.05, 4.69) is 10.4 Å². The summed E-state index contributed by atoms with van der Waals surface area (Å²) >= 11 is 0. The highest BCUT2D eigenvalue weighted by Crippen LogP contribution is 2.47. The predicted molar refractivity (Wildman–Crippen MR) is 92.8 cm³/mol. The number of anilines is 1. The lowest BCUT2D eigenvalue weighted by Crippen LogP contribution is -2.19. The summed E-state index contributed by atoms with van der Waals surface area (Å²) in [5.74, 6) is 0.809. The minimum Gasteiger partial charge on any atom is -0.493 e. The van der Waals surface area contributed by atoms with Crippen LogP contribution in [0.2, 0.25) is 0 Å². The molecular formula is C18H19N3O5. The van der Waals surface area contributed by atoms with Crippen LogP contribution in [-0.2, 0) is 16.6 Å². The lowest BCUT2D eigenvalue weighted by molar-refractivity contribution is -0.136. The first-order valence-electron chi connectivity index (χ1n) is 8.08. The van der Waals surface area contributed by atoms with Gasteiger partial charge in [-0.25, -0.2) is 4.79 Å². The SMILES string of the molecule is COc1cc([C@@H]2C3=C(COC3=O)Nc3cn(C)nc32)cc(OC)c1OC. The number of nitrogens with zero attached hydrogens (tertiary/aromatic N) is 2. The zero-order valence-corrected chi connectivity index (χ0v) is 15.0. The zero-order chi connectivity index (χ0) is 18.4. The average molecular weight is 357 g/mol. The molecule has 1 N–H and O–H groups in total. The molecule has 0 unspecified atom stereocenters. The van der Waals surface area contributed by atoms with E-state index in [0.717, 1.165) is 22.6 Å². The quantitative estimate of drug-likeness (QED) is 0.836. The van der Waals surface area contributed by atoms with Crippen LogP contribution < -0.4 is 19.5 Å². The summed E-state index contributed by atoms with van der Waals surface area (Å²) in [7, 11) is 6.51. The van der Waals surface area contributed by atoms with Gasteiger partial charge in [0.2, 0.25) is 5.75 Å². The molecular weight excluding hydrogens is 338 g/mol. The summed E-state index contributed by atoms with van der Waals surface area (Å²) in [5.41, 5.74) is 3.73. The number of nitrogens with one attached hydrogen (secondary N) is 1. The third kappa shape index (κ3) is 2.29. The van der Waals surface area contributed by atoms with Crippen LogP contribution in [0.25, 0.3) is 0 Å². The van der Waals surface area contributed by atoms with Crippen LogP contribution in [0.15, 0.2) is 29.6 Å². The molecule has 0 saturated carbocycles. The minimum atomic E-state index is -0.383. The standard InChI is InChI=1S/C18H19N3O5/c1-21-7-10-16(20-21)14(15-11(19-10)8-26-18(15)22)9-5-12(23-2)17(25-4)13(6-9)24-3/h5-7,14,19H,8H2,1-4H3/t14-/m1/s1. The largest absolute Gasteiger partial charge is 0.493 e. The van der Waals surface area contributed by atoms with Gasteiger partial charge in [-0.05, 0) is 17.7 Å². The van der Waals surface area contributed by atoms with Gasteiger partial charge in [0.15, 0.2) is 11.5 Å². The van der Waals surface area contributed by atoms with Crippen molar-refractivity contribution in [3.63, 3.8) is 0 Å². The molecule has 1 aromatic carbocycles. The van der Waals surface area contributed by atoms with Crippen LogP contribution in [-0.4, -0.2) is 43.7 Å². The smallest absolute Gasteiger partial charge is 0.337 e. The predicted octanol–water partition coefficient (Wildman–Crippen LogP) is 1.81. The number of cyclic esters (lactones) is 1. The second-order valence-corrected chi connectivity index (χ2v) is 6.09. The monoisotopic (exact) mass is 357 g/mol. The molecule has 0 radical (unpaired) electrons. The molecule has 1 atom stereocenters. The van der Waals surface area contributed by atoms with E-state index < -0.39 is 0 Å². The fraction of sp³-hybridized carbons (Fsp3) is 0.333. The first-order chi connectivity index (χ1) is 12.6. The van der Waals surface area contributed by atoms with E-state index in [4.69, 9.17) is 18.9 Å². The van der Waals surface area contributed by atoms with Crippen molar-refractivity contribution in [2.24, 2.45) is 7.05 Å². The van der Waals surface area contributed by atoms with Gasteiger partial charge in [0.1, 0.15) is 6.61 Å². The highest BCUT2D eigenvalue weighted by atomic mass is 16.5. The number of fused-ring (bicyclic) bond motifs is 1. The first-order valence-corrected chi connectivity index (χ1v) is 8.08. The van der Waals surface area contributed by atoms with Crippen molar-refractivity contribution in [1.29, 1.82) is 0 Å². The van der Waals surface area contributed by atoms with Crippen LogP contribution in [0.1, 0.15) is 17.2 Å². The second-order valence-electron chi connectivity index (χ2n) is 6.09. The van der Waals surface area contributed by atoms with Crippen LogP contribution >= 0.6 is 0 Å². The third-order valence-electron chi connectivity index (χ3n) is 4.62. The number of methoxy groups -OCH3 is 3. The van der Waals surface area contributed by atoms with E-state index in [0.29, 0.717) is 22.8 Å². The number of hydrogen-bond donors (Lipinski definition) is 1. The molecule has 0 saturated heterocycles. The van der Waals surface area contributed by atoms with Gasteiger partial charge in [-0.15, -0.1) is 0 Å². The number of carbonyl (C=O) groups is 1. The van der Waals surface area contributed by atoms with Gasteiger partial charge >= 0.3 is 5.97 Å². The average Bonchev–Trinajstić information content (AvgIpc) is 3.20. The zero-order valence-electron chi connectivity index (χ0n) is 15.0. The number of aromatic nitrogens is 2. The van der Waals surface area contributed by atoms with Crippen molar-refractivity contribution in [2.45, 2.75) is 5.92 Å². The van der Waals surface area contributed by atoms with Gasteiger partial charge in [-0.1, -0.05) is 0 Å². The lowest BCUT2D eigenvalue weighted by atomic mass is 9.84. The van der Waals surface area contributed by atoms with E-state index in [1.54, 1.807) is 26.0 Å².